The van der Waals surface area contributed by atoms with Crippen LogP contribution >= 0.6 is 0 Å². The molecule has 1 fully saturated rings. The molecule has 7 heteroatoms. The van der Waals surface area contributed by atoms with Crippen LogP contribution < -0.4 is 4.90 Å². The van der Waals surface area contributed by atoms with E-state index in [-0.39, 0.29) is 24.8 Å². The molecule has 2 aromatic rings. The van der Waals surface area contributed by atoms with Gasteiger partial charge in [0.1, 0.15) is 18.0 Å². The second-order valence-corrected chi connectivity index (χ2v) is 9.77. The highest BCUT2D eigenvalue weighted by Gasteiger charge is 2.35. The molecule has 34 heavy (non-hydrogen) atoms. The van der Waals surface area contributed by atoms with Crippen LogP contribution in [0.15, 0.2) is 48.7 Å². The zero-order chi connectivity index (χ0) is 24.7. The number of piperidine rings is 1. The second-order valence-electron chi connectivity index (χ2n) is 9.77. The van der Waals surface area contributed by atoms with Crippen LogP contribution in [0.25, 0.3) is 0 Å². The SMILES string of the molecule is CC[C@H](C)N(C(=O)OC(C)(C)C)c1ncccc1[C@@H]1CCCCN1C(=O)OCc1ccccc1. The van der Waals surface area contributed by atoms with E-state index >= 15 is 0 Å². The lowest BCUT2D eigenvalue weighted by Gasteiger charge is -2.38. The van der Waals surface area contributed by atoms with E-state index in [4.69, 9.17) is 9.47 Å². The molecule has 0 N–H and O–H groups in total. The lowest BCUT2D eigenvalue weighted by atomic mass is 9.95. The van der Waals surface area contributed by atoms with Crippen LogP contribution in [0.3, 0.4) is 0 Å². The number of amides is 2. The molecule has 0 radical (unpaired) electrons. The number of rotatable bonds is 6. The van der Waals surface area contributed by atoms with E-state index in [2.05, 4.69) is 4.98 Å². The van der Waals surface area contributed by atoms with E-state index in [0.717, 1.165) is 36.8 Å². The third-order valence-corrected chi connectivity index (χ3v) is 5.97. The van der Waals surface area contributed by atoms with Gasteiger partial charge in [0, 0.05) is 24.3 Å². The fourth-order valence-corrected chi connectivity index (χ4v) is 4.12. The van der Waals surface area contributed by atoms with Gasteiger partial charge in [-0.15, -0.1) is 0 Å². The van der Waals surface area contributed by atoms with Gasteiger partial charge in [-0.2, -0.15) is 0 Å². The Kier molecular flexibility index (Phi) is 8.53. The maximum absolute atomic E-state index is 13.2. The highest BCUT2D eigenvalue weighted by atomic mass is 16.6. The number of hydrogen-bond acceptors (Lipinski definition) is 5. The van der Waals surface area contributed by atoms with Gasteiger partial charge in [0.2, 0.25) is 0 Å². The van der Waals surface area contributed by atoms with Gasteiger partial charge in [-0.25, -0.2) is 14.6 Å². The Morgan fingerprint density at radius 2 is 1.88 bits per heavy atom. The van der Waals surface area contributed by atoms with Gasteiger partial charge in [0.25, 0.3) is 0 Å². The first-order chi connectivity index (χ1) is 16.2. The number of hydrogen-bond donors (Lipinski definition) is 0. The molecule has 0 spiro atoms. The summed E-state index contributed by atoms with van der Waals surface area (Å²) in [4.78, 5) is 34.4. The van der Waals surface area contributed by atoms with Crippen molar-refractivity contribution in [2.75, 3.05) is 11.4 Å². The fourth-order valence-electron chi connectivity index (χ4n) is 4.12. The summed E-state index contributed by atoms with van der Waals surface area (Å²) in [7, 11) is 0. The summed E-state index contributed by atoms with van der Waals surface area (Å²) in [5.74, 6) is 0.541. The summed E-state index contributed by atoms with van der Waals surface area (Å²) in [6.07, 6.45) is 4.31. The van der Waals surface area contributed by atoms with E-state index in [0.29, 0.717) is 12.4 Å². The van der Waals surface area contributed by atoms with E-state index in [1.54, 1.807) is 16.0 Å². The average Bonchev–Trinajstić information content (AvgIpc) is 2.82. The summed E-state index contributed by atoms with van der Waals surface area (Å²) in [6.45, 7) is 10.4. The van der Waals surface area contributed by atoms with Crippen molar-refractivity contribution in [3.8, 4) is 0 Å². The van der Waals surface area contributed by atoms with E-state index < -0.39 is 11.7 Å². The molecule has 1 saturated heterocycles. The number of ether oxygens (including phenoxy) is 2. The molecule has 1 aliphatic rings. The Balaban J connectivity index is 1.89. The van der Waals surface area contributed by atoms with Gasteiger partial charge in [-0.05, 0) is 65.0 Å². The predicted octanol–water partition coefficient (Wildman–Crippen LogP) is 6.49. The number of carbonyl (C=O) groups is 2. The molecule has 1 aromatic carbocycles. The fraction of sp³-hybridized carbons (Fsp3) is 0.519. The summed E-state index contributed by atoms with van der Waals surface area (Å²) < 4.78 is 11.4. The van der Waals surface area contributed by atoms with Crippen LogP contribution in [0.5, 0.6) is 0 Å². The van der Waals surface area contributed by atoms with Crippen molar-refractivity contribution in [2.24, 2.45) is 0 Å². The van der Waals surface area contributed by atoms with Crippen LogP contribution in [0.4, 0.5) is 15.4 Å². The smallest absolute Gasteiger partial charge is 0.416 e. The van der Waals surface area contributed by atoms with Gasteiger partial charge >= 0.3 is 12.2 Å². The minimum Gasteiger partial charge on any atom is -0.445 e. The minimum atomic E-state index is -0.629. The first kappa shape index (κ1) is 25.5. The molecule has 184 valence electrons. The van der Waals surface area contributed by atoms with Gasteiger partial charge < -0.3 is 14.4 Å². The summed E-state index contributed by atoms with van der Waals surface area (Å²) in [5.41, 5.74) is 1.15. The number of likely N-dealkylation sites (tertiary alicyclic amines) is 1. The highest BCUT2D eigenvalue weighted by Crippen LogP contribution is 2.37. The van der Waals surface area contributed by atoms with Gasteiger partial charge in [-0.1, -0.05) is 43.3 Å². The van der Waals surface area contributed by atoms with Crippen LogP contribution in [-0.2, 0) is 16.1 Å². The molecule has 0 bridgehead atoms. The number of benzene rings is 1. The zero-order valence-electron chi connectivity index (χ0n) is 21.0. The van der Waals surface area contributed by atoms with Gasteiger partial charge in [0.05, 0.1) is 6.04 Å². The van der Waals surface area contributed by atoms with Crippen molar-refractivity contribution in [3.05, 3.63) is 59.8 Å². The Labute approximate surface area is 203 Å². The lowest BCUT2D eigenvalue weighted by molar-refractivity contribution is 0.0564. The molecule has 2 heterocycles. The first-order valence-electron chi connectivity index (χ1n) is 12.2. The number of aromatic nitrogens is 1. The molecule has 0 saturated carbocycles. The average molecular weight is 468 g/mol. The van der Waals surface area contributed by atoms with Crippen molar-refractivity contribution in [1.29, 1.82) is 0 Å². The van der Waals surface area contributed by atoms with Crippen molar-refractivity contribution >= 4 is 18.0 Å². The van der Waals surface area contributed by atoms with Crippen LogP contribution in [0, 0.1) is 0 Å². The summed E-state index contributed by atoms with van der Waals surface area (Å²) in [6, 6.07) is 13.1. The van der Waals surface area contributed by atoms with E-state index in [9.17, 15) is 9.59 Å². The van der Waals surface area contributed by atoms with Crippen LogP contribution in [-0.4, -0.2) is 40.3 Å². The Morgan fingerprint density at radius 3 is 2.56 bits per heavy atom. The Hall–Kier alpha value is -3.09. The molecule has 2 amide bonds. The van der Waals surface area contributed by atoms with Crippen molar-refractivity contribution in [3.63, 3.8) is 0 Å². The normalized spacial score (nSPS) is 17.1. The van der Waals surface area contributed by atoms with E-state index in [1.165, 1.54) is 0 Å². The molecule has 1 aromatic heterocycles. The molecular weight excluding hydrogens is 430 g/mol. The number of pyridine rings is 1. The Bertz CT molecular complexity index is 958. The van der Waals surface area contributed by atoms with Gasteiger partial charge in [0.15, 0.2) is 0 Å². The van der Waals surface area contributed by atoms with E-state index in [1.807, 2.05) is 77.1 Å². The lowest BCUT2D eigenvalue weighted by Crippen LogP contribution is -2.44. The molecule has 7 nitrogen and oxygen atoms in total. The molecule has 2 atom stereocenters. The minimum absolute atomic E-state index is 0.120. The van der Waals surface area contributed by atoms with Crippen molar-refractivity contribution in [2.45, 2.75) is 84.6 Å². The van der Waals surface area contributed by atoms with Crippen LogP contribution in [0.2, 0.25) is 0 Å². The molecule has 1 aliphatic heterocycles. The molecular formula is C27H37N3O4. The maximum Gasteiger partial charge on any atom is 0.416 e. The highest BCUT2D eigenvalue weighted by molar-refractivity contribution is 5.88. The third-order valence-electron chi connectivity index (χ3n) is 5.97. The third kappa shape index (κ3) is 6.49. The summed E-state index contributed by atoms with van der Waals surface area (Å²) in [5, 5.41) is 0. The molecule has 0 aliphatic carbocycles. The monoisotopic (exact) mass is 467 g/mol. The largest absolute Gasteiger partial charge is 0.445 e. The number of nitrogens with zero attached hydrogens (tertiary/aromatic N) is 3. The summed E-state index contributed by atoms with van der Waals surface area (Å²) >= 11 is 0. The topological polar surface area (TPSA) is 72.0 Å². The second kappa shape index (κ2) is 11.4. The standard InChI is InChI=1S/C27H37N3O4/c1-6-20(2)30(26(32)34-27(3,4)5)24-22(15-12-17-28-24)23-16-10-11-18-29(23)25(31)33-19-21-13-8-7-9-14-21/h7-9,12-15,17,20,23H,6,10-11,16,18-19H2,1-5H3/t20-,23-/m0/s1. The quantitative estimate of drug-likeness (QED) is 0.486. The van der Waals surface area contributed by atoms with Gasteiger partial charge in [-0.3, -0.25) is 4.90 Å². The zero-order valence-corrected chi connectivity index (χ0v) is 21.0. The number of anilines is 1. The first-order valence-corrected chi connectivity index (χ1v) is 12.2. The number of carbonyl (C=O) groups excluding carboxylic acids is 2. The Morgan fingerprint density at radius 1 is 1.15 bits per heavy atom. The van der Waals surface area contributed by atoms with Crippen molar-refractivity contribution in [1.82, 2.24) is 9.88 Å². The maximum atomic E-state index is 13.2. The molecule has 3 rings (SSSR count). The molecule has 0 unspecified atom stereocenters. The predicted molar refractivity (Wildman–Crippen MR) is 133 cm³/mol. The van der Waals surface area contributed by atoms with Crippen LogP contribution in [0.1, 0.15) is 77.5 Å². The van der Waals surface area contributed by atoms with Crippen molar-refractivity contribution < 1.29 is 19.1 Å².